The lowest BCUT2D eigenvalue weighted by Crippen LogP contribution is -2.46. The smallest absolute Gasteiger partial charge is 0.328 e. The quantitative estimate of drug-likeness (QED) is 0.440. The molecule has 0 saturated heterocycles. The fraction of sp³-hybridized carbons (Fsp3) is 0.500. The molecule has 4 nitrogen and oxygen atoms in total. The monoisotopic (exact) mass is 310 g/mol. The number of aryl methyl sites for hydroxylation is 2. The van der Waals surface area contributed by atoms with Gasteiger partial charge in [-0.1, -0.05) is 6.08 Å². The first kappa shape index (κ1) is 17.4. The van der Waals surface area contributed by atoms with Crippen molar-refractivity contribution >= 4 is 23.3 Å². The molecule has 0 fully saturated rings. The van der Waals surface area contributed by atoms with Gasteiger partial charge in [-0.05, 0) is 45.7 Å². The van der Waals surface area contributed by atoms with E-state index < -0.39 is 17.4 Å². The van der Waals surface area contributed by atoms with Gasteiger partial charge in [-0.15, -0.1) is 17.9 Å². The second-order valence-corrected chi connectivity index (χ2v) is 6.13. The first-order chi connectivity index (χ1) is 9.93. The zero-order chi connectivity index (χ0) is 16.0. The van der Waals surface area contributed by atoms with Gasteiger partial charge in [-0.3, -0.25) is 9.59 Å². The van der Waals surface area contributed by atoms with E-state index in [0.717, 1.165) is 9.75 Å². The molecule has 0 atom stereocenters. The molecule has 0 aliphatic carbocycles. The summed E-state index contributed by atoms with van der Waals surface area (Å²) in [7, 11) is 0. The number of thiophene rings is 1. The molecule has 0 saturated carbocycles. The summed E-state index contributed by atoms with van der Waals surface area (Å²) in [6.07, 6.45) is 1.71. The second kappa shape index (κ2) is 7.41. The molecule has 0 radical (unpaired) electrons. The van der Waals surface area contributed by atoms with Crippen LogP contribution in [0.3, 0.4) is 0 Å². The van der Waals surface area contributed by atoms with Crippen LogP contribution in [0.2, 0.25) is 0 Å². The van der Waals surface area contributed by atoms with Gasteiger partial charge in [0.25, 0.3) is 0 Å². The summed E-state index contributed by atoms with van der Waals surface area (Å²) in [5.41, 5.74) is -0.801. The summed E-state index contributed by atoms with van der Waals surface area (Å²) in [5.74, 6) is -1.16. The van der Waals surface area contributed by atoms with Gasteiger partial charge in [0.2, 0.25) is 0 Å². The zero-order valence-electron chi connectivity index (χ0n) is 13.0. The maximum Gasteiger partial charge on any atom is 0.328 e. The van der Waals surface area contributed by atoms with E-state index in [0.29, 0.717) is 5.56 Å². The topological polar surface area (TPSA) is 52.6 Å². The lowest BCUT2D eigenvalue weighted by atomic mass is 9.77. The van der Waals surface area contributed by atoms with Crippen molar-refractivity contribution in [3.63, 3.8) is 0 Å². The number of rotatable bonds is 7. The van der Waals surface area contributed by atoms with Crippen molar-refractivity contribution in [3.05, 3.63) is 34.0 Å². The zero-order valence-corrected chi connectivity index (χ0v) is 13.8. The molecule has 0 aliphatic heterocycles. The normalized spacial score (nSPS) is 11.0. The van der Waals surface area contributed by atoms with Crippen LogP contribution in [0.15, 0.2) is 18.7 Å². The van der Waals surface area contributed by atoms with Gasteiger partial charge >= 0.3 is 11.9 Å². The highest BCUT2D eigenvalue weighted by Gasteiger charge is 2.51. The van der Waals surface area contributed by atoms with Crippen molar-refractivity contribution in [2.45, 2.75) is 39.5 Å². The molecule has 1 aromatic heterocycles. The average Bonchev–Trinajstić information content (AvgIpc) is 2.75. The third-order valence-electron chi connectivity index (χ3n) is 3.20. The third-order valence-corrected chi connectivity index (χ3v) is 4.17. The summed E-state index contributed by atoms with van der Waals surface area (Å²) in [6, 6.07) is 1.86. The average molecular weight is 310 g/mol. The third kappa shape index (κ3) is 3.35. The second-order valence-electron chi connectivity index (χ2n) is 4.67. The molecule has 116 valence electrons. The molecule has 21 heavy (non-hydrogen) atoms. The van der Waals surface area contributed by atoms with E-state index in [9.17, 15) is 9.59 Å². The Kier molecular flexibility index (Phi) is 6.15. The summed E-state index contributed by atoms with van der Waals surface area (Å²) >= 11 is 1.54. The van der Waals surface area contributed by atoms with Crippen LogP contribution >= 0.6 is 11.3 Å². The number of allylic oxidation sites excluding steroid dienone is 1. The molecule has 0 spiro atoms. The van der Waals surface area contributed by atoms with Gasteiger partial charge in [0, 0.05) is 9.75 Å². The van der Waals surface area contributed by atoms with E-state index in [4.69, 9.17) is 9.47 Å². The van der Waals surface area contributed by atoms with Crippen molar-refractivity contribution in [1.82, 2.24) is 0 Å². The molecule has 0 N–H and O–H groups in total. The summed E-state index contributed by atoms with van der Waals surface area (Å²) in [5, 5.41) is 0. The van der Waals surface area contributed by atoms with Gasteiger partial charge in [0.15, 0.2) is 5.41 Å². The van der Waals surface area contributed by atoms with Crippen molar-refractivity contribution in [3.8, 4) is 0 Å². The Morgan fingerprint density at radius 2 is 1.76 bits per heavy atom. The van der Waals surface area contributed by atoms with Crippen molar-refractivity contribution in [2.75, 3.05) is 13.2 Å². The van der Waals surface area contributed by atoms with E-state index in [-0.39, 0.29) is 19.6 Å². The minimum Gasteiger partial charge on any atom is -0.465 e. The Morgan fingerprint density at radius 1 is 1.24 bits per heavy atom. The summed E-state index contributed by atoms with van der Waals surface area (Å²) < 4.78 is 10.3. The largest absolute Gasteiger partial charge is 0.465 e. The fourth-order valence-electron chi connectivity index (χ4n) is 2.36. The Bertz CT molecular complexity index is 512. The van der Waals surface area contributed by atoms with Crippen LogP contribution < -0.4 is 0 Å². The van der Waals surface area contributed by atoms with Crippen LogP contribution in [0.4, 0.5) is 0 Å². The van der Waals surface area contributed by atoms with Gasteiger partial charge < -0.3 is 9.47 Å². The van der Waals surface area contributed by atoms with Crippen LogP contribution in [0.25, 0.3) is 0 Å². The first-order valence-electron chi connectivity index (χ1n) is 6.96. The van der Waals surface area contributed by atoms with Crippen LogP contribution in [-0.4, -0.2) is 25.2 Å². The van der Waals surface area contributed by atoms with Crippen LogP contribution in [-0.2, 0) is 24.5 Å². The van der Waals surface area contributed by atoms with E-state index in [1.54, 1.807) is 31.3 Å². The molecular weight excluding hydrogens is 288 g/mol. The number of hydrogen-bond donors (Lipinski definition) is 0. The Hall–Kier alpha value is -1.62. The number of hydrogen-bond acceptors (Lipinski definition) is 5. The Labute approximate surface area is 129 Å². The van der Waals surface area contributed by atoms with E-state index in [1.807, 2.05) is 19.9 Å². The number of carbonyl (C=O) groups excluding carboxylic acids is 2. The van der Waals surface area contributed by atoms with E-state index >= 15 is 0 Å². The Balaban J connectivity index is 3.50. The molecule has 5 heteroatoms. The highest BCUT2D eigenvalue weighted by molar-refractivity contribution is 7.12. The predicted molar refractivity (Wildman–Crippen MR) is 83.6 cm³/mol. The Morgan fingerprint density at radius 3 is 2.10 bits per heavy atom. The van der Waals surface area contributed by atoms with Crippen molar-refractivity contribution in [2.24, 2.45) is 0 Å². The highest BCUT2D eigenvalue weighted by atomic mass is 32.1. The van der Waals surface area contributed by atoms with E-state index in [1.165, 1.54) is 0 Å². The number of ether oxygens (including phenoxy) is 2. The molecule has 0 unspecified atom stereocenters. The van der Waals surface area contributed by atoms with Crippen LogP contribution in [0.5, 0.6) is 0 Å². The summed E-state index contributed by atoms with van der Waals surface area (Å²) in [6.45, 7) is 11.4. The highest BCUT2D eigenvalue weighted by Crippen LogP contribution is 2.38. The predicted octanol–water partition coefficient (Wildman–Crippen LogP) is 3.31. The van der Waals surface area contributed by atoms with Crippen molar-refractivity contribution < 1.29 is 19.1 Å². The maximum atomic E-state index is 12.6. The molecule has 0 amide bonds. The molecule has 0 aromatic carbocycles. The molecule has 1 heterocycles. The van der Waals surface area contributed by atoms with Gasteiger partial charge in [-0.25, -0.2) is 0 Å². The maximum absolute atomic E-state index is 12.6. The van der Waals surface area contributed by atoms with Gasteiger partial charge in [0.1, 0.15) is 0 Å². The van der Waals surface area contributed by atoms with Crippen LogP contribution in [0, 0.1) is 13.8 Å². The van der Waals surface area contributed by atoms with Crippen LogP contribution in [0.1, 0.15) is 35.6 Å². The van der Waals surface area contributed by atoms with Crippen molar-refractivity contribution in [1.29, 1.82) is 0 Å². The SMILES string of the molecule is C=CCC(C(=O)OCC)(C(=O)OCC)c1cc(C)sc1C. The fourth-order valence-corrected chi connectivity index (χ4v) is 3.36. The molecule has 0 aliphatic rings. The molecule has 0 bridgehead atoms. The standard InChI is InChI=1S/C16H22O4S/c1-6-9-16(14(17)19-7-2,15(18)20-8-3)13-10-11(4)21-12(13)5/h6,10H,1,7-9H2,2-5H3. The van der Waals surface area contributed by atoms with Gasteiger partial charge in [-0.2, -0.15) is 0 Å². The molecule has 1 aromatic rings. The van der Waals surface area contributed by atoms with Gasteiger partial charge in [0.05, 0.1) is 13.2 Å². The molecule has 1 rings (SSSR count). The minimum absolute atomic E-state index is 0.154. The number of carbonyl (C=O) groups is 2. The summed E-state index contributed by atoms with van der Waals surface area (Å²) in [4.78, 5) is 27.1. The lowest BCUT2D eigenvalue weighted by Gasteiger charge is -2.28. The number of esters is 2. The lowest BCUT2D eigenvalue weighted by molar-refractivity contribution is -0.164. The molecular formula is C16H22O4S. The minimum atomic E-state index is -1.46. The van der Waals surface area contributed by atoms with E-state index in [2.05, 4.69) is 6.58 Å². The first-order valence-corrected chi connectivity index (χ1v) is 7.78.